The fraction of sp³-hybridized carbons (Fsp3) is 0.750. The Labute approximate surface area is 111 Å². The number of nitrogens with zero attached hydrogens (tertiary/aromatic N) is 3. The van der Waals surface area contributed by atoms with Gasteiger partial charge in [-0.05, 0) is 24.4 Å². The fourth-order valence-corrected chi connectivity index (χ4v) is 2.95. The van der Waals surface area contributed by atoms with Crippen LogP contribution in [0, 0.1) is 0 Å². The maximum absolute atomic E-state index is 12.4. The van der Waals surface area contributed by atoms with Gasteiger partial charge in [0.15, 0.2) is 0 Å². The summed E-state index contributed by atoms with van der Waals surface area (Å²) in [5.41, 5.74) is 0.560. The Hall–Kier alpha value is -1.01. The third kappa shape index (κ3) is 2.70. The molecule has 1 N–H and O–H groups in total. The van der Waals surface area contributed by atoms with E-state index in [-0.39, 0.29) is 11.3 Å². The van der Waals surface area contributed by atoms with Crippen molar-refractivity contribution in [1.29, 1.82) is 0 Å². The van der Waals surface area contributed by atoms with Crippen LogP contribution in [0.15, 0.2) is 0 Å². The average molecular weight is 269 g/mol. The molecule has 0 aliphatic carbocycles. The number of carbonyl (C=O) groups is 1. The summed E-state index contributed by atoms with van der Waals surface area (Å²) in [5.74, 6) is -0.0475. The van der Waals surface area contributed by atoms with E-state index in [1.54, 1.807) is 4.90 Å². The minimum atomic E-state index is -0.401. The Morgan fingerprint density at radius 1 is 1.50 bits per heavy atom. The summed E-state index contributed by atoms with van der Waals surface area (Å²) in [7, 11) is 0. The smallest absolute Gasteiger partial charge is 0.267 e. The molecule has 0 spiro atoms. The molecular weight excluding hydrogens is 250 g/mol. The molecule has 1 unspecified atom stereocenters. The van der Waals surface area contributed by atoms with E-state index in [4.69, 9.17) is 0 Å². The Kier molecular flexibility index (Phi) is 3.68. The van der Waals surface area contributed by atoms with Crippen molar-refractivity contribution in [1.82, 2.24) is 14.5 Å². The van der Waals surface area contributed by atoms with Crippen LogP contribution in [0.1, 0.15) is 49.0 Å². The lowest BCUT2D eigenvalue weighted by molar-refractivity contribution is 0.0475. The SMILES string of the molecule is CC(C)(C)c1nnsc1C(=O)N1CCCC(O)C1. The molecule has 1 aromatic heterocycles. The maximum atomic E-state index is 12.4. The van der Waals surface area contributed by atoms with Gasteiger partial charge in [0.2, 0.25) is 0 Å². The van der Waals surface area contributed by atoms with Crippen molar-refractivity contribution >= 4 is 17.4 Å². The third-order valence-electron chi connectivity index (χ3n) is 3.08. The van der Waals surface area contributed by atoms with Crippen molar-refractivity contribution in [3.63, 3.8) is 0 Å². The molecule has 1 fully saturated rings. The quantitative estimate of drug-likeness (QED) is 0.837. The number of aliphatic hydroxyl groups excluding tert-OH is 1. The number of hydrogen-bond acceptors (Lipinski definition) is 5. The molecular formula is C12H19N3O2S. The number of amides is 1. The van der Waals surface area contributed by atoms with Crippen molar-refractivity contribution in [2.24, 2.45) is 0 Å². The standard InChI is InChI=1S/C12H19N3O2S/c1-12(2,3)10-9(18-14-13-10)11(17)15-6-4-5-8(16)7-15/h8,16H,4-7H2,1-3H3. The maximum Gasteiger partial charge on any atom is 0.267 e. The Morgan fingerprint density at radius 2 is 2.22 bits per heavy atom. The van der Waals surface area contributed by atoms with Gasteiger partial charge in [-0.15, -0.1) is 5.10 Å². The van der Waals surface area contributed by atoms with Crippen LogP contribution in [0.3, 0.4) is 0 Å². The molecule has 18 heavy (non-hydrogen) atoms. The van der Waals surface area contributed by atoms with E-state index in [0.717, 1.165) is 30.1 Å². The molecule has 1 saturated heterocycles. The molecule has 1 aromatic rings. The van der Waals surface area contributed by atoms with Gasteiger partial charge in [-0.2, -0.15) is 0 Å². The average Bonchev–Trinajstić information content (AvgIpc) is 2.76. The first-order chi connectivity index (χ1) is 8.39. The lowest BCUT2D eigenvalue weighted by atomic mass is 9.91. The number of rotatable bonds is 1. The van der Waals surface area contributed by atoms with E-state index >= 15 is 0 Å². The predicted octanol–water partition coefficient (Wildman–Crippen LogP) is 1.43. The number of piperidine rings is 1. The van der Waals surface area contributed by atoms with E-state index in [9.17, 15) is 9.90 Å². The van der Waals surface area contributed by atoms with E-state index < -0.39 is 6.10 Å². The van der Waals surface area contributed by atoms with Gasteiger partial charge in [-0.25, -0.2) is 0 Å². The highest BCUT2D eigenvalue weighted by Gasteiger charge is 2.30. The summed E-state index contributed by atoms with van der Waals surface area (Å²) in [5, 5.41) is 13.7. The third-order valence-corrected chi connectivity index (χ3v) is 3.79. The summed E-state index contributed by atoms with van der Waals surface area (Å²) in [6.07, 6.45) is 1.22. The Morgan fingerprint density at radius 3 is 2.83 bits per heavy atom. The van der Waals surface area contributed by atoms with Gasteiger partial charge in [-0.3, -0.25) is 4.79 Å². The Bertz CT molecular complexity index is 439. The number of aliphatic hydroxyl groups is 1. The van der Waals surface area contributed by atoms with Crippen molar-refractivity contribution in [3.05, 3.63) is 10.6 Å². The first-order valence-electron chi connectivity index (χ1n) is 6.20. The number of β-amino-alcohol motifs (C(OH)–C–C–N with tert-alkyl or cyclic N) is 1. The highest BCUT2D eigenvalue weighted by molar-refractivity contribution is 7.08. The molecule has 5 nitrogen and oxygen atoms in total. The van der Waals surface area contributed by atoms with Crippen LogP contribution in [-0.4, -0.2) is 44.7 Å². The van der Waals surface area contributed by atoms with Crippen molar-refractivity contribution in [2.75, 3.05) is 13.1 Å². The van der Waals surface area contributed by atoms with Crippen molar-refractivity contribution in [2.45, 2.75) is 45.1 Å². The second-order valence-electron chi connectivity index (χ2n) is 5.75. The van der Waals surface area contributed by atoms with E-state index in [1.807, 2.05) is 20.8 Å². The number of carbonyl (C=O) groups excluding carboxylic acids is 1. The fourth-order valence-electron chi connectivity index (χ4n) is 2.10. The van der Waals surface area contributed by atoms with Gasteiger partial charge < -0.3 is 10.0 Å². The molecule has 6 heteroatoms. The van der Waals surface area contributed by atoms with Crippen LogP contribution < -0.4 is 0 Å². The summed E-state index contributed by atoms with van der Waals surface area (Å²) < 4.78 is 3.91. The molecule has 1 amide bonds. The molecule has 2 rings (SSSR count). The molecule has 0 bridgehead atoms. The molecule has 2 heterocycles. The largest absolute Gasteiger partial charge is 0.391 e. The topological polar surface area (TPSA) is 66.3 Å². The summed E-state index contributed by atoms with van der Waals surface area (Å²) in [4.78, 5) is 14.7. The zero-order valence-electron chi connectivity index (χ0n) is 11.0. The van der Waals surface area contributed by atoms with Crippen LogP contribution >= 0.6 is 11.5 Å². The zero-order chi connectivity index (χ0) is 13.3. The van der Waals surface area contributed by atoms with Gasteiger partial charge in [0.1, 0.15) is 4.88 Å². The summed E-state index contributed by atoms with van der Waals surface area (Å²) >= 11 is 1.15. The van der Waals surface area contributed by atoms with Gasteiger partial charge in [0.25, 0.3) is 5.91 Å². The molecule has 1 aliphatic rings. The zero-order valence-corrected chi connectivity index (χ0v) is 11.8. The minimum Gasteiger partial charge on any atom is -0.391 e. The Balaban J connectivity index is 2.21. The monoisotopic (exact) mass is 269 g/mol. The normalized spacial score (nSPS) is 21.1. The second kappa shape index (κ2) is 4.93. The van der Waals surface area contributed by atoms with E-state index in [2.05, 4.69) is 9.59 Å². The number of aromatic nitrogens is 2. The molecule has 0 aromatic carbocycles. The molecule has 1 atom stereocenters. The summed E-state index contributed by atoms with van der Waals surface area (Å²) in [6, 6.07) is 0. The molecule has 0 radical (unpaired) electrons. The highest BCUT2D eigenvalue weighted by Crippen LogP contribution is 2.27. The van der Waals surface area contributed by atoms with E-state index in [1.165, 1.54) is 0 Å². The van der Waals surface area contributed by atoms with Gasteiger partial charge in [0.05, 0.1) is 11.8 Å². The van der Waals surface area contributed by atoms with Crippen LogP contribution in [0.2, 0.25) is 0 Å². The lowest BCUT2D eigenvalue weighted by Crippen LogP contribution is -2.42. The van der Waals surface area contributed by atoms with Crippen LogP contribution in [-0.2, 0) is 5.41 Å². The van der Waals surface area contributed by atoms with Crippen molar-refractivity contribution < 1.29 is 9.90 Å². The van der Waals surface area contributed by atoms with Crippen LogP contribution in [0.5, 0.6) is 0 Å². The minimum absolute atomic E-state index is 0.0475. The molecule has 1 aliphatic heterocycles. The lowest BCUT2D eigenvalue weighted by Gasteiger charge is -2.30. The summed E-state index contributed by atoms with van der Waals surface area (Å²) in [6.45, 7) is 7.18. The number of hydrogen-bond donors (Lipinski definition) is 1. The molecule has 100 valence electrons. The highest BCUT2D eigenvalue weighted by atomic mass is 32.1. The number of likely N-dealkylation sites (tertiary alicyclic amines) is 1. The van der Waals surface area contributed by atoms with Crippen molar-refractivity contribution in [3.8, 4) is 0 Å². The molecule has 0 saturated carbocycles. The van der Waals surface area contributed by atoms with Crippen LogP contribution in [0.25, 0.3) is 0 Å². The van der Waals surface area contributed by atoms with Gasteiger partial charge >= 0.3 is 0 Å². The first-order valence-corrected chi connectivity index (χ1v) is 6.97. The first kappa shape index (κ1) is 13.4. The van der Waals surface area contributed by atoms with Crippen LogP contribution in [0.4, 0.5) is 0 Å². The van der Waals surface area contributed by atoms with Gasteiger partial charge in [-0.1, -0.05) is 25.3 Å². The van der Waals surface area contributed by atoms with E-state index in [0.29, 0.717) is 18.0 Å². The predicted molar refractivity (Wildman–Crippen MR) is 69.8 cm³/mol. The van der Waals surface area contributed by atoms with Gasteiger partial charge in [0, 0.05) is 18.5 Å². The second-order valence-corrected chi connectivity index (χ2v) is 6.50.